The fraction of sp³-hybridized carbons (Fsp3) is 0.667. The second-order valence-corrected chi connectivity index (χ2v) is 3.27. The third-order valence-electron chi connectivity index (χ3n) is 2.13. The molecule has 0 radical (unpaired) electrons. The summed E-state index contributed by atoms with van der Waals surface area (Å²) in [5, 5.41) is 0. The molecule has 1 aliphatic rings. The maximum atomic E-state index is 5.27. The van der Waals surface area contributed by atoms with Gasteiger partial charge in [0.25, 0.3) is 0 Å². The van der Waals surface area contributed by atoms with Gasteiger partial charge in [-0.3, -0.25) is 4.90 Å². The predicted octanol–water partition coefficient (Wildman–Crippen LogP) is 0.815. The summed E-state index contributed by atoms with van der Waals surface area (Å²) < 4.78 is 10.5. The molecule has 1 saturated heterocycles. The molecule has 0 saturated carbocycles. The number of nitrogens with zero attached hydrogens (tertiary/aromatic N) is 2. The van der Waals surface area contributed by atoms with E-state index in [1.165, 1.54) is 0 Å². The Balaban J connectivity index is 1.89. The Labute approximate surface area is 77.5 Å². The van der Waals surface area contributed by atoms with E-state index in [9.17, 15) is 0 Å². The molecule has 1 aromatic heterocycles. The molecule has 1 aliphatic heterocycles. The number of morpholine rings is 1. The number of hydrogen-bond donors (Lipinski definition) is 0. The lowest BCUT2D eigenvalue weighted by Crippen LogP contribution is -2.35. The number of aryl methyl sites for hydroxylation is 1. The van der Waals surface area contributed by atoms with Crippen LogP contribution in [0.1, 0.15) is 11.6 Å². The standard InChI is InChI=1S/C9H14N2O2/c1-8-7-13-9(10-8)6-11-2-4-12-5-3-11/h7H,2-6H2,1H3. The predicted molar refractivity (Wildman–Crippen MR) is 47.3 cm³/mol. The first-order valence-electron chi connectivity index (χ1n) is 4.56. The topological polar surface area (TPSA) is 38.5 Å². The van der Waals surface area contributed by atoms with E-state index < -0.39 is 0 Å². The molecule has 0 aliphatic carbocycles. The molecule has 0 atom stereocenters. The number of oxazole rings is 1. The summed E-state index contributed by atoms with van der Waals surface area (Å²) in [5.74, 6) is 0.805. The van der Waals surface area contributed by atoms with Gasteiger partial charge in [-0.25, -0.2) is 4.98 Å². The SMILES string of the molecule is Cc1coc(CN2CCOCC2)n1. The van der Waals surface area contributed by atoms with E-state index in [1.54, 1.807) is 6.26 Å². The van der Waals surface area contributed by atoms with Crippen LogP contribution in [0.4, 0.5) is 0 Å². The third kappa shape index (κ3) is 2.29. The molecule has 0 aromatic carbocycles. The van der Waals surface area contributed by atoms with Gasteiger partial charge in [0.05, 0.1) is 25.5 Å². The van der Waals surface area contributed by atoms with E-state index in [0.29, 0.717) is 0 Å². The summed E-state index contributed by atoms with van der Waals surface area (Å²) in [6, 6.07) is 0. The second-order valence-electron chi connectivity index (χ2n) is 3.27. The highest BCUT2D eigenvalue weighted by Gasteiger charge is 2.12. The van der Waals surface area contributed by atoms with Crippen LogP contribution in [-0.2, 0) is 11.3 Å². The first kappa shape index (κ1) is 8.72. The van der Waals surface area contributed by atoms with E-state index in [2.05, 4.69) is 9.88 Å². The number of hydrogen-bond acceptors (Lipinski definition) is 4. The van der Waals surface area contributed by atoms with Crippen molar-refractivity contribution >= 4 is 0 Å². The molecule has 1 fully saturated rings. The van der Waals surface area contributed by atoms with Crippen molar-refractivity contribution in [2.45, 2.75) is 13.5 Å². The van der Waals surface area contributed by atoms with Crippen molar-refractivity contribution < 1.29 is 9.15 Å². The van der Waals surface area contributed by atoms with Crippen LogP contribution in [0.25, 0.3) is 0 Å². The number of aromatic nitrogens is 1. The second kappa shape index (κ2) is 3.89. The Morgan fingerprint density at radius 3 is 2.85 bits per heavy atom. The van der Waals surface area contributed by atoms with Crippen molar-refractivity contribution in [3.63, 3.8) is 0 Å². The van der Waals surface area contributed by atoms with Crippen LogP contribution in [-0.4, -0.2) is 36.2 Å². The van der Waals surface area contributed by atoms with Gasteiger partial charge in [0.15, 0.2) is 0 Å². The maximum absolute atomic E-state index is 5.27. The van der Waals surface area contributed by atoms with Crippen LogP contribution in [0.5, 0.6) is 0 Å². The zero-order valence-electron chi connectivity index (χ0n) is 7.82. The molecule has 72 valence electrons. The Morgan fingerprint density at radius 2 is 2.23 bits per heavy atom. The highest BCUT2D eigenvalue weighted by Crippen LogP contribution is 2.06. The monoisotopic (exact) mass is 182 g/mol. The molecule has 2 heterocycles. The van der Waals surface area contributed by atoms with Crippen molar-refractivity contribution in [3.8, 4) is 0 Å². The molecular formula is C9H14N2O2. The van der Waals surface area contributed by atoms with E-state index in [0.717, 1.165) is 44.4 Å². The van der Waals surface area contributed by atoms with Crippen molar-refractivity contribution in [3.05, 3.63) is 17.8 Å². The average Bonchev–Trinajstić information content (AvgIpc) is 2.53. The molecule has 0 unspecified atom stereocenters. The fourth-order valence-electron chi connectivity index (χ4n) is 1.43. The molecule has 13 heavy (non-hydrogen) atoms. The van der Waals surface area contributed by atoms with Gasteiger partial charge in [-0.1, -0.05) is 0 Å². The van der Waals surface area contributed by atoms with Crippen LogP contribution < -0.4 is 0 Å². The first-order chi connectivity index (χ1) is 6.34. The third-order valence-corrected chi connectivity index (χ3v) is 2.13. The van der Waals surface area contributed by atoms with Crippen LogP contribution in [0.3, 0.4) is 0 Å². The Hall–Kier alpha value is -0.870. The Bertz CT molecular complexity index is 266. The lowest BCUT2D eigenvalue weighted by atomic mass is 10.4. The van der Waals surface area contributed by atoms with Crippen molar-refractivity contribution in [1.29, 1.82) is 0 Å². The summed E-state index contributed by atoms with van der Waals surface area (Å²) >= 11 is 0. The van der Waals surface area contributed by atoms with Gasteiger partial charge in [0, 0.05) is 13.1 Å². The van der Waals surface area contributed by atoms with E-state index >= 15 is 0 Å². The summed E-state index contributed by atoms with van der Waals surface area (Å²) in [4.78, 5) is 6.54. The van der Waals surface area contributed by atoms with E-state index in [4.69, 9.17) is 9.15 Å². The normalized spacial score (nSPS) is 19.2. The minimum absolute atomic E-state index is 0.803. The largest absolute Gasteiger partial charge is 0.447 e. The van der Waals surface area contributed by atoms with Gasteiger partial charge in [0.1, 0.15) is 6.26 Å². The van der Waals surface area contributed by atoms with Crippen molar-refractivity contribution in [2.24, 2.45) is 0 Å². The van der Waals surface area contributed by atoms with Crippen LogP contribution >= 0.6 is 0 Å². The molecule has 0 amide bonds. The van der Waals surface area contributed by atoms with Gasteiger partial charge in [-0.15, -0.1) is 0 Å². The fourth-order valence-corrected chi connectivity index (χ4v) is 1.43. The van der Waals surface area contributed by atoms with Crippen molar-refractivity contribution in [1.82, 2.24) is 9.88 Å². The lowest BCUT2D eigenvalue weighted by molar-refractivity contribution is 0.0306. The zero-order valence-corrected chi connectivity index (χ0v) is 7.82. The van der Waals surface area contributed by atoms with Crippen LogP contribution in [0.15, 0.2) is 10.7 Å². The highest BCUT2D eigenvalue weighted by atomic mass is 16.5. The summed E-state index contributed by atoms with van der Waals surface area (Å²) in [5.41, 5.74) is 0.947. The Morgan fingerprint density at radius 1 is 1.46 bits per heavy atom. The van der Waals surface area contributed by atoms with Gasteiger partial charge in [-0.2, -0.15) is 0 Å². The first-order valence-corrected chi connectivity index (χ1v) is 4.56. The molecule has 0 N–H and O–H groups in total. The highest BCUT2D eigenvalue weighted by molar-refractivity contribution is 4.92. The molecule has 4 heteroatoms. The minimum Gasteiger partial charge on any atom is -0.447 e. The number of rotatable bonds is 2. The smallest absolute Gasteiger partial charge is 0.208 e. The Kier molecular flexibility index (Phi) is 2.61. The molecule has 2 rings (SSSR count). The zero-order chi connectivity index (χ0) is 9.10. The van der Waals surface area contributed by atoms with Gasteiger partial charge >= 0.3 is 0 Å². The lowest BCUT2D eigenvalue weighted by Gasteiger charge is -2.24. The van der Waals surface area contributed by atoms with Gasteiger partial charge < -0.3 is 9.15 Å². The van der Waals surface area contributed by atoms with Crippen LogP contribution in [0, 0.1) is 6.92 Å². The minimum atomic E-state index is 0.803. The van der Waals surface area contributed by atoms with Crippen LogP contribution in [0.2, 0.25) is 0 Å². The summed E-state index contributed by atoms with van der Waals surface area (Å²) in [6.45, 7) is 6.33. The van der Waals surface area contributed by atoms with Gasteiger partial charge in [-0.05, 0) is 6.92 Å². The molecular weight excluding hydrogens is 168 g/mol. The van der Waals surface area contributed by atoms with E-state index in [-0.39, 0.29) is 0 Å². The molecule has 1 aromatic rings. The molecule has 0 bridgehead atoms. The quantitative estimate of drug-likeness (QED) is 0.678. The number of ether oxygens (including phenoxy) is 1. The van der Waals surface area contributed by atoms with E-state index in [1.807, 2.05) is 6.92 Å². The maximum Gasteiger partial charge on any atom is 0.208 e. The molecule has 0 spiro atoms. The van der Waals surface area contributed by atoms with Crippen molar-refractivity contribution in [2.75, 3.05) is 26.3 Å². The average molecular weight is 182 g/mol. The summed E-state index contributed by atoms with van der Waals surface area (Å²) in [7, 11) is 0. The molecule has 4 nitrogen and oxygen atoms in total. The summed E-state index contributed by atoms with van der Waals surface area (Å²) in [6.07, 6.45) is 1.69. The van der Waals surface area contributed by atoms with Gasteiger partial charge in [0.2, 0.25) is 5.89 Å².